The van der Waals surface area contributed by atoms with E-state index in [0.29, 0.717) is 24.7 Å². The Hall–Kier alpha value is -2.07. The second-order valence-corrected chi connectivity index (χ2v) is 8.34. The molecule has 2 aromatic rings. The van der Waals surface area contributed by atoms with Crippen LogP contribution in [-0.2, 0) is 21.8 Å². The first kappa shape index (κ1) is 20.7. The Morgan fingerprint density at radius 1 is 1.14 bits per heavy atom. The minimum Gasteiger partial charge on any atom is -0.493 e. The predicted octanol–water partition coefficient (Wildman–Crippen LogP) is 1.39. The molecule has 154 valence electrons. The summed E-state index contributed by atoms with van der Waals surface area (Å²) in [6.07, 6.45) is 1.96. The molecule has 1 atom stereocenters. The average Bonchev–Trinajstić information content (AvgIpc) is 3.14. The van der Waals surface area contributed by atoms with Crippen molar-refractivity contribution in [1.82, 2.24) is 14.2 Å². The van der Waals surface area contributed by atoms with Crippen molar-refractivity contribution in [2.24, 2.45) is 7.05 Å². The van der Waals surface area contributed by atoms with E-state index in [4.69, 9.17) is 14.2 Å². The SMILES string of the molecule is COc1ccc(S(=O)(=O)NC[C@@H](c2cccn2C)N2CCOCC2)cc1OC. The monoisotopic (exact) mass is 409 g/mol. The van der Waals surface area contributed by atoms with Crippen LogP contribution in [0.15, 0.2) is 41.4 Å². The third kappa shape index (κ3) is 4.49. The highest BCUT2D eigenvalue weighted by molar-refractivity contribution is 7.89. The first-order chi connectivity index (χ1) is 13.5. The lowest BCUT2D eigenvalue weighted by molar-refractivity contribution is 0.0158. The lowest BCUT2D eigenvalue weighted by atomic mass is 10.1. The van der Waals surface area contributed by atoms with E-state index in [2.05, 4.69) is 9.62 Å². The van der Waals surface area contributed by atoms with E-state index in [9.17, 15) is 8.42 Å². The molecule has 1 aromatic carbocycles. The fraction of sp³-hybridized carbons (Fsp3) is 0.474. The molecule has 0 unspecified atom stereocenters. The number of nitrogens with one attached hydrogen (secondary N) is 1. The molecule has 28 heavy (non-hydrogen) atoms. The van der Waals surface area contributed by atoms with Crippen LogP contribution in [0.25, 0.3) is 0 Å². The highest BCUT2D eigenvalue weighted by atomic mass is 32.2. The topological polar surface area (TPSA) is 82.0 Å². The molecule has 0 radical (unpaired) electrons. The Kier molecular flexibility index (Phi) is 6.61. The lowest BCUT2D eigenvalue weighted by Gasteiger charge is -2.34. The molecule has 3 rings (SSSR count). The molecule has 0 saturated carbocycles. The van der Waals surface area contributed by atoms with Crippen LogP contribution in [0.1, 0.15) is 11.7 Å². The summed E-state index contributed by atoms with van der Waals surface area (Å²) in [6, 6.07) is 8.46. The number of benzene rings is 1. The number of nitrogens with zero attached hydrogens (tertiary/aromatic N) is 2. The summed E-state index contributed by atoms with van der Waals surface area (Å²) in [5.74, 6) is 0.856. The number of hydrogen-bond acceptors (Lipinski definition) is 6. The van der Waals surface area contributed by atoms with Gasteiger partial charge >= 0.3 is 0 Å². The normalized spacial score (nSPS) is 16.7. The van der Waals surface area contributed by atoms with Gasteiger partial charge in [0.05, 0.1) is 38.4 Å². The third-order valence-corrected chi connectivity index (χ3v) is 6.37. The minimum atomic E-state index is -3.71. The molecule has 1 aliphatic rings. The van der Waals surface area contributed by atoms with E-state index in [1.807, 2.05) is 29.9 Å². The van der Waals surface area contributed by atoms with Gasteiger partial charge in [-0.05, 0) is 24.3 Å². The van der Waals surface area contributed by atoms with Crippen molar-refractivity contribution in [1.29, 1.82) is 0 Å². The van der Waals surface area contributed by atoms with Crippen LogP contribution in [0.5, 0.6) is 11.5 Å². The van der Waals surface area contributed by atoms with E-state index >= 15 is 0 Å². The number of hydrogen-bond donors (Lipinski definition) is 1. The van der Waals surface area contributed by atoms with Gasteiger partial charge in [-0.25, -0.2) is 13.1 Å². The summed E-state index contributed by atoms with van der Waals surface area (Å²) in [4.78, 5) is 2.38. The summed E-state index contributed by atoms with van der Waals surface area (Å²) < 4.78 is 46.4. The molecule has 0 bridgehead atoms. The maximum atomic E-state index is 12.9. The number of aryl methyl sites for hydroxylation is 1. The van der Waals surface area contributed by atoms with Gasteiger partial charge in [-0.3, -0.25) is 4.90 Å². The average molecular weight is 410 g/mol. The molecule has 0 aliphatic carbocycles. The standard InChI is InChI=1S/C19H27N3O5S/c1-21-8-4-5-16(21)17(22-9-11-27-12-10-22)14-20-28(23,24)15-6-7-18(25-2)19(13-15)26-3/h4-8,13,17,20H,9-12,14H2,1-3H3/t17-/m0/s1. The molecule has 1 N–H and O–H groups in total. The van der Waals surface area contributed by atoms with E-state index in [1.165, 1.54) is 26.4 Å². The van der Waals surface area contributed by atoms with Gasteiger partial charge in [0.25, 0.3) is 0 Å². The van der Waals surface area contributed by atoms with Gasteiger partial charge in [0.2, 0.25) is 10.0 Å². The molecular weight excluding hydrogens is 382 g/mol. The molecule has 1 aromatic heterocycles. The number of methoxy groups -OCH3 is 2. The Labute approximate surface area is 166 Å². The van der Waals surface area contributed by atoms with Crippen molar-refractivity contribution in [2.45, 2.75) is 10.9 Å². The zero-order valence-corrected chi connectivity index (χ0v) is 17.2. The quantitative estimate of drug-likeness (QED) is 0.710. The van der Waals surface area contributed by atoms with E-state index in [1.54, 1.807) is 6.07 Å². The van der Waals surface area contributed by atoms with Gasteiger partial charge in [-0.1, -0.05) is 0 Å². The second kappa shape index (κ2) is 8.95. The van der Waals surface area contributed by atoms with Gasteiger partial charge in [0.15, 0.2) is 11.5 Å². The van der Waals surface area contributed by atoms with Gasteiger partial charge < -0.3 is 18.8 Å². The zero-order valence-electron chi connectivity index (χ0n) is 16.4. The van der Waals surface area contributed by atoms with Crippen LogP contribution in [0.4, 0.5) is 0 Å². The van der Waals surface area contributed by atoms with Crippen LogP contribution in [0.2, 0.25) is 0 Å². The fourth-order valence-corrected chi connectivity index (χ4v) is 4.44. The second-order valence-electron chi connectivity index (χ2n) is 6.58. The summed E-state index contributed by atoms with van der Waals surface area (Å²) >= 11 is 0. The van der Waals surface area contributed by atoms with Gasteiger partial charge in [0, 0.05) is 44.6 Å². The van der Waals surface area contributed by atoms with E-state index in [0.717, 1.165) is 18.8 Å². The Bertz CT molecular complexity index is 891. The van der Waals surface area contributed by atoms with Gasteiger partial charge in [-0.2, -0.15) is 0 Å². The van der Waals surface area contributed by atoms with Crippen LogP contribution in [0.3, 0.4) is 0 Å². The van der Waals surface area contributed by atoms with Crippen LogP contribution in [0, 0.1) is 0 Å². The number of aromatic nitrogens is 1. The van der Waals surface area contributed by atoms with Crippen molar-refractivity contribution >= 4 is 10.0 Å². The van der Waals surface area contributed by atoms with E-state index in [-0.39, 0.29) is 17.5 Å². The Morgan fingerprint density at radius 3 is 2.46 bits per heavy atom. The van der Waals surface area contributed by atoms with Crippen LogP contribution in [-0.4, -0.2) is 65.0 Å². The molecule has 8 nitrogen and oxygen atoms in total. The number of morpholine rings is 1. The first-order valence-corrected chi connectivity index (χ1v) is 10.6. The Balaban J connectivity index is 1.81. The Morgan fingerprint density at radius 2 is 1.86 bits per heavy atom. The summed E-state index contributed by atoms with van der Waals surface area (Å²) in [5.41, 5.74) is 1.05. The summed E-state index contributed by atoms with van der Waals surface area (Å²) in [5, 5.41) is 0. The highest BCUT2D eigenvalue weighted by Gasteiger charge is 2.27. The molecule has 1 aliphatic heterocycles. The maximum absolute atomic E-state index is 12.9. The zero-order chi connectivity index (χ0) is 20.1. The first-order valence-electron chi connectivity index (χ1n) is 9.11. The van der Waals surface area contributed by atoms with Crippen molar-refractivity contribution in [3.63, 3.8) is 0 Å². The summed E-state index contributed by atoms with van der Waals surface area (Å²) in [6.45, 7) is 3.06. The molecule has 0 amide bonds. The van der Waals surface area contributed by atoms with Gasteiger partial charge in [0.1, 0.15) is 0 Å². The molecule has 1 saturated heterocycles. The van der Waals surface area contributed by atoms with Crippen LogP contribution >= 0.6 is 0 Å². The van der Waals surface area contributed by atoms with E-state index < -0.39 is 10.0 Å². The molecule has 2 heterocycles. The molecule has 0 spiro atoms. The number of rotatable bonds is 8. The minimum absolute atomic E-state index is 0.0844. The fourth-order valence-electron chi connectivity index (χ4n) is 3.39. The summed E-state index contributed by atoms with van der Waals surface area (Å²) in [7, 11) is 1.24. The number of ether oxygens (including phenoxy) is 3. The van der Waals surface area contributed by atoms with Crippen molar-refractivity contribution < 1.29 is 22.6 Å². The number of sulfonamides is 1. The molecular formula is C19H27N3O5S. The van der Waals surface area contributed by atoms with Crippen molar-refractivity contribution in [3.05, 3.63) is 42.2 Å². The highest BCUT2D eigenvalue weighted by Crippen LogP contribution is 2.29. The largest absolute Gasteiger partial charge is 0.493 e. The van der Waals surface area contributed by atoms with Crippen molar-refractivity contribution in [2.75, 3.05) is 47.1 Å². The van der Waals surface area contributed by atoms with Gasteiger partial charge in [-0.15, -0.1) is 0 Å². The maximum Gasteiger partial charge on any atom is 0.240 e. The molecule has 9 heteroatoms. The predicted molar refractivity (Wildman–Crippen MR) is 105 cm³/mol. The third-order valence-electron chi connectivity index (χ3n) is 4.94. The van der Waals surface area contributed by atoms with Crippen molar-refractivity contribution in [3.8, 4) is 11.5 Å². The smallest absolute Gasteiger partial charge is 0.240 e. The molecule has 1 fully saturated rings. The van der Waals surface area contributed by atoms with Crippen LogP contribution < -0.4 is 14.2 Å². The lowest BCUT2D eigenvalue weighted by Crippen LogP contribution is -2.44.